The van der Waals surface area contributed by atoms with Crippen LogP contribution in [0.5, 0.6) is 11.5 Å². The highest BCUT2D eigenvalue weighted by Gasteiger charge is 2.08. The van der Waals surface area contributed by atoms with E-state index >= 15 is 0 Å². The van der Waals surface area contributed by atoms with Gasteiger partial charge in [0.15, 0.2) is 0 Å². The second-order valence-electron chi connectivity index (χ2n) is 4.37. The van der Waals surface area contributed by atoms with Crippen LogP contribution in [0.2, 0.25) is 0 Å². The molecule has 0 fully saturated rings. The topological polar surface area (TPSA) is 73.6 Å². The number of rotatable bonds is 5. The normalized spacial score (nSPS) is 10.0. The van der Waals surface area contributed by atoms with Crippen molar-refractivity contribution < 1.29 is 14.3 Å². The first-order valence-corrected chi connectivity index (χ1v) is 6.61. The second kappa shape index (κ2) is 6.65. The van der Waals surface area contributed by atoms with Crippen LogP contribution in [-0.2, 0) is 0 Å². The van der Waals surface area contributed by atoms with Crippen LogP contribution in [0.3, 0.4) is 0 Å². The second-order valence-corrected chi connectivity index (χ2v) is 4.37. The van der Waals surface area contributed by atoms with Crippen LogP contribution in [0, 0.1) is 0 Å². The van der Waals surface area contributed by atoms with Gasteiger partial charge in [0, 0.05) is 11.3 Å². The van der Waals surface area contributed by atoms with Crippen molar-refractivity contribution in [2.45, 2.75) is 6.92 Å². The van der Waals surface area contributed by atoms with E-state index in [1.165, 1.54) is 0 Å². The minimum Gasteiger partial charge on any atom is -0.495 e. The van der Waals surface area contributed by atoms with E-state index in [2.05, 4.69) is 5.32 Å². The number of ether oxygens (including phenoxy) is 2. The van der Waals surface area contributed by atoms with E-state index < -0.39 is 0 Å². The largest absolute Gasteiger partial charge is 0.495 e. The van der Waals surface area contributed by atoms with Crippen molar-refractivity contribution >= 4 is 17.3 Å². The van der Waals surface area contributed by atoms with Crippen molar-refractivity contribution in [1.29, 1.82) is 0 Å². The number of carbonyl (C=O) groups excluding carboxylic acids is 1. The lowest BCUT2D eigenvalue weighted by molar-refractivity contribution is 0.102. The maximum absolute atomic E-state index is 12.2. The van der Waals surface area contributed by atoms with Crippen LogP contribution < -0.4 is 20.5 Å². The summed E-state index contributed by atoms with van der Waals surface area (Å²) in [5.41, 5.74) is 7.42. The molecule has 0 aromatic heterocycles. The Morgan fingerprint density at radius 3 is 2.71 bits per heavy atom. The predicted molar refractivity (Wildman–Crippen MR) is 83.0 cm³/mol. The number of hydrogen-bond donors (Lipinski definition) is 2. The molecule has 0 aliphatic carbocycles. The smallest absolute Gasteiger partial charge is 0.255 e. The van der Waals surface area contributed by atoms with Crippen molar-refractivity contribution in [2.24, 2.45) is 0 Å². The van der Waals surface area contributed by atoms with E-state index in [0.717, 1.165) is 0 Å². The quantitative estimate of drug-likeness (QED) is 0.829. The van der Waals surface area contributed by atoms with E-state index in [9.17, 15) is 4.79 Å². The number of carbonyl (C=O) groups is 1. The Kier molecular flexibility index (Phi) is 4.66. The Morgan fingerprint density at radius 2 is 2.05 bits per heavy atom. The first-order chi connectivity index (χ1) is 10.1. The molecule has 0 atom stereocenters. The fourth-order valence-electron chi connectivity index (χ4n) is 1.91. The summed E-state index contributed by atoms with van der Waals surface area (Å²) in [6.07, 6.45) is 0. The average Bonchev–Trinajstić information content (AvgIpc) is 2.48. The zero-order valence-corrected chi connectivity index (χ0v) is 12.1. The van der Waals surface area contributed by atoms with Crippen molar-refractivity contribution in [1.82, 2.24) is 0 Å². The SMILES string of the molecule is CCOc1cccc(C(=O)Nc2ccc(OC)c(N)c2)c1. The summed E-state index contributed by atoms with van der Waals surface area (Å²) in [4.78, 5) is 12.2. The number of anilines is 2. The Bertz CT molecular complexity index is 641. The molecule has 0 spiro atoms. The third-order valence-corrected chi connectivity index (χ3v) is 2.89. The molecule has 0 aliphatic heterocycles. The van der Waals surface area contributed by atoms with Crippen LogP contribution >= 0.6 is 0 Å². The van der Waals surface area contributed by atoms with Crippen LogP contribution in [-0.4, -0.2) is 19.6 Å². The molecular weight excluding hydrogens is 268 g/mol. The molecule has 5 nitrogen and oxygen atoms in total. The number of nitrogen functional groups attached to an aromatic ring is 1. The summed E-state index contributed by atoms with van der Waals surface area (Å²) in [6.45, 7) is 2.45. The molecule has 0 saturated heterocycles. The van der Waals surface area contributed by atoms with E-state index in [-0.39, 0.29) is 5.91 Å². The van der Waals surface area contributed by atoms with Crippen molar-refractivity contribution in [3.8, 4) is 11.5 Å². The van der Waals surface area contributed by atoms with Crippen LogP contribution in [0.15, 0.2) is 42.5 Å². The number of amides is 1. The van der Waals surface area contributed by atoms with Gasteiger partial charge in [0.1, 0.15) is 11.5 Å². The Balaban J connectivity index is 2.14. The van der Waals surface area contributed by atoms with Crippen molar-refractivity contribution in [3.05, 3.63) is 48.0 Å². The predicted octanol–water partition coefficient (Wildman–Crippen LogP) is 2.93. The fraction of sp³-hybridized carbons (Fsp3) is 0.188. The molecule has 2 aromatic carbocycles. The van der Waals surface area contributed by atoms with Gasteiger partial charge in [-0.05, 0) is 43.3 Å². The molecule has 110 valence electrons. The van der Waals surface area contributed by atoms with Crippen molar-refractivity contribution in [3.63, 3.8) is 0 Å². The number of hydrogen-bond acceptors (Lipinski definition) is 4. The molecular formula is C16H18N2O3. The number of nitrogens with two attached hydrogens (primary N) is 1. The standard InChI is InChI=1S/C16H18N2O3/c1-3-21-13-6-4-5-11(9-13)16(19)18-12-7-8-15(20-2)14(17)10-12/h4-10H,3,17H2,1-2H3,(H,18,19). The third kappa shape index (κ3) is 3.66. The van der Waals surface area contributed by atoms with Gasteiger partial charge < -0.3 is 20.5 Å². The van der Waals surface area contributed by atoms with Gasteiger partial charge in [0.2, 0.25) is 0 Å². The molecule has 2 rings (SSSR count). The maximum atomic E-state index is 12.2. The lowest BCUT2D eigenvalue weighted by atomic mass is 10.2. The van der Waals surface area contributed by atoms with Crippen molar-refractivity contribution in [2.75, 3.05) is 24.8 Å². The van der Waals surface area contributed by atoms with Gasteiger partial charge in [-0.3, -0.25) is 4.79 Å². The molecule has 2 aromatic rings. The number of nitrogens with one attached hydrogen (secondary N) is 1. The summed E-state index contributed by atoms with van der Waals surface area (Å²) in [6, 6.07) is 12.1. The van der Waals surface area contributed by atoms with E-state index in [4.69, 9.17) is 15.2 Å². The number of methoxy groups -OCH3 is 1. The van der Waals surface area contributed by atoms with E-state index in [1.807, 2.05) is 13.0 Å². The average molecular weight is 286 g/mol. The first-order valence-electron chi connectivity index (χ1n) is 6.61. The monoisotopic (exact) mass is 286 g/mol. The van der Waals surface area contributed by atoms with Gasteiger partial charge in [-0.15, -0.1) is 0 Å². The van der Waals surface area contributed by atoms with Gasteiger partial charge in [0.05, 0.1) is 19.4 Å². The lowest BCUT2D eigenvalue weighted by Gasteiger charge is -2.10. The molecule has 0 unspecified atom stereocenters. The molecule has 0 heterocycles. The third-order valence-electron chi connectivity index (χ3n) is 2.89. The lowest BCUT2D eigenvalue weighted by Crippen LogP contribution is -2.12. The van der Waals surface area contributed by atoms with Gasteiger partial charge in [-0.2, -0.15) is 0 Å². The van der Waals surface area contributed by atoms with Crippen LogP contribution in [0.25, 0.3) is 0 Å². The fourth-order valence-corrected chi connectivity index (χ4v) is 1.91. The number of benzene rings is 2. The highest BCUT2D eigenvalue weighted by Crippen LogP contribution is 2.25. The molecule has 0 radical (unpaired) electrons. The summed E-state index contributed by atoms with van der Waals surface area (Å²) in [7, 11) is 1.54. The van der Waals surface area contributed by atoms with E-state index in [1.54, 1.807) is 43.5 Å². The molecule has 1 amide bonds. The van der Waals surface area contributed by atoms with E-state index in [0.29, 0.717) is 35.0 Å². The van der Waals surface area contributed by atoms with Gasteiger partial charge >= 0.3 is 0 Å². The zero-order valence-electron chi connectivity index (χ0n) is 12.1. The summed E-state index contributed by atoms with van der Waals surface area (Å²) < 4.78 is 10.5. The molecule has 5 heteroatoms. The minimum atomic E-state index is -0.221. The molecule has 21 heavy (non-hydrogen) atoms. The Morgan fingerprint density at radius 1 is 1.24 bits per heavy atom. The van der Waals surface area contributed by atoms with Gasteiger partial charge in [-0.1, -0.05) is 6.07 Å². The molecule has 0 bridgehead atoms. The Hall–Kier alpha value is -2.69. The summed E-state index contributed by atoms with van der Waals surface area (Å²) >= 11 is 0. The first kappa shape index (κ1) is 14.7. The van der Waals surface area contributed by atoms with Crippen LogP contribution in [0.4, 0.5) is 11.4 Å². The molecule has 3 N–H and O–H groups in total. The molecule has 0 saturated carbocycles. The van der Waals surface area contributed by atoms with Gasteiger partial charge in [-0.25, -0.2) is 0 Å². The zero-order chi connectivity index (χ0) is 15.2. The maximum Gasteiger partial charge on any atom is 0.255 e. The minimum absolute atomic E-state index is 0.221. The highest BCUT2D eigenvalue weighted by molar-refractivity contribution is 6.04. The molecule has 0 aliphatic rings. The highest BCUT2D eigenvalue weighted by atomic mass is 16.5. The summed E-state index contributed by atoms with van der Waals surface area (Å²) in [5.74, 6) is 1.02. The summed E-state index contributed by atoms with van der Waals surface area (Å²) in [5, 5.41) is 2.79. The van der Waals surface area contributed by atoms with Crippen LogP contribution in [0.1, 0.15) is 17.3 Å². The Labute approximate surface area is 123 Å². The van der Waals surface area contributed by atoms with Gasteiger partial charge in [0.25, 0.3) is 5.91 Å².